The monoisotopic (exact) mass is 1060 g/mol. The molecule has 8 bridgehead atoms. The van der Waals surface area contributed by atoms with Crippen LogP contribution in [0.3, 0.4) is 0 Å². The van der Waals surface area contributed by atoms with Crippen LogP contribution in [0.2, 0.25) is 54.4 Å². The van der Waals surface area contributed by atoms with Crippen molar-refractivity contribution in [2.75, 3.05) is 0 Å². The Balaban J connectivity index is 1.40. The summed E-state index contributed by atoms with van der Waals surface area (Å²) < 4.78 is 58.9. The SMILES string of the molecule is C=C1C[C@@H]2CCC(=O)/C=C/[C@H](O[Si](C)(C)C(C)(C)C)[C@@H]3O[C@H]4CCC(CCC[C@@H]5[C@@H](C)[C@@H](C[C@H](C)CC)O[C@H]5CC5O[C@@H](CCC1O2)C[C@@H](C)C5=C)O[C@@H]4[C@H](O[Si](C)(C)C(C)(C)C)[C@@H]3O[Si](C)(C)C(C)(C)C. The minimum absolute atomic E-state index is 0.0281. The molecule has 0 aliphatic carbocycles. The Bertz CT molecular complexity index is 1860. The highest BCUT2D eigenvalue weighted by Gasteiger charge is 2.58. The third kappa shape index (κ3) is 14.5. The first-order valence-corrected chi connectivity index (χ1v) is 37.8. The molecule has 8 aliphatic rings. The summed E-state index contributed by atoms with van der Waals surface area (Å²) in [6, 6.07) is 0. The van der Waals surface area contributed by atoms with E-state index in [0.29, 0.717) is 36.5 Å². The molecule has 9 nitrogen and oxygen atoms in total. The smallest absolute Gasteiger partial charge is 0.193 e. The Morgan fingerprint density at radius 3 is 1.85 bits per heavy atom. The second-order valence-electron chi connectivity index (χ2n) is 28.6. The van der Waals surface area contributed by atoms with E-state index >= 15 is 0 Å². The van der Waals surface area contributed by atoms with E-state index < -0.39 is 43.3 Å². The lowest BCUT2D eigenvalue weighted by Crippen LogP contribution is -2.69. The van der Waals surface area contributed by atoms with Crippen LogP contribution >= 0.6 is 0 Å². The van der Waals surface area contributed by atoms with Crippen molar-refractivity contribution in [3.63, 3.8) is 0 Å². The number of fused-ring (bicyclic) bond motifs is 2. The fourth-order valence-electron chi connectivity index (χ4n) is 11.7. The van der Waals surface area contributed by atoms with Gasteiger partial charge in [0.05, 0.1) is 54.9 Å². The van der Waals surface area contributed by atoms with Gasteiger partial charge in [0.15, 0.2) is 30.7 Å². The van der Waals surface area contributed by atoms with Crippen LogP contribution in [0.1, 0.15) is 180 Å². The fraction of sp³-hybridized carbons (Fsp3) is 0.883. The van der Waals surface area contributed by atoms with E-state index in [1.54, 1.807) is 6.08 Å². The first kappa shape index (κ1) is 60.4. The van der Waals surface area contributed by atoms with Crippen LogP contribution in [0, 0.1) is 23.7 Å². The maximum absolute atomic E-state index is 14.1. The van der Waals surface area contributed by atoms with Crippen molar-refractivity contribution in [3.05, 3.63) is 36.5 Å². The molecule has 0 amide bonds. The van der Waals surface area contributed by atoms with Crippen molar-refractivity contribution in [2.24, 2.45) is 23.7 Å². The molecule has 8 aliphatic heterocycles. The first-order valence-electron chi connectivity index (χ1n) is 29.1. The van der Waals surface area contributed by atoms with Crippen LogP contribution in [0.5, 0.6) is 0 Å². The number of rotatable bonds is 9. The van der Waals surface area contributed by atoms with Gasteiger partial charge in [-0.3, -0.25) is 4.79 Å². The second kappa shape index (κ2) is 23.7. The van der Waals surface area contributed by atoms with E-state index in [9.17, 15) is 4.79 Å². The molecule has 8 heterocycles. The van der Waals surface area contributed by atoms with Crippen LogP contribution < -0.4 is 0 Å². The molecule has 0 aromatic carbocycles. The largest absolute Gasteiger partial charge is 0.408 e. The number of hydrogen-bond acceptors (Lipinski definition) is 9. The molecule has 0 saturated carbocycles. The molecule has 5 saturated heterocycles. The van der Waals surface area contributed by atoms with Crippen molar-refractivity contribution in [1.29, 1.82) is 0 Å². The van der Waals surface area contributed by atoms with Gasteiger partial charge in [-0.25, -0.2) is 0 Å². The molecular weight excluding hydrogens is 949 g/mol. The van der Waals surface area contributed by atoms with Crippen molar-refractivity contribution >= 4 is 30.7 Å². The highest BCUT2D eigenvalue weighted by molar-refractivity contribution is 6.75. The number of ether oxygens (including phenoxy) is 5. The first-order chi connectivity index (χ1) is 33.2. The lowest BCUT2D eigenvalue weighted by Gasteiger charge is -2.56. The van der Waals surface area contributed by atoms with Crippen LogP contribution in [-0.4, -0.2) is 110 Å². The molecule has 0 radical (unpaired) electrons. The molecular formula is C60H108O9Si3. The average molecular weight is 1060 g/mol. The Morgan fingerprint density at radius 1 is 0.653 bits per heavy atom. The third-order valence-electron chi connectivity index (χ3n) is 20.0. The molecule has 0 N–H and O–H groups in total. The van der Waals surface area contributed by atoms with Crippen molar-refractivity contribution in [3.8, 4) is 0 Å². The molecule has 0 spiro atoms. The van der Waals surface area contributed by atoms with Gasteiger partial charge in [-0.2, -0.15) is 0 Å². The van der Waals surface area contributed by atoms with Gasteiger partial charge in [0.2, 0.25) is 0 Å². The summed E-state index contributed by atoms with van der Waals surface area (Å²) in [6.07, 6.45) is 14.4. The van der Waals surface area contributed by atoms with E-state index in [-0.39, 0.29) is 81.9 Å². The van der Waals surface area contributed by atoms with Gasteiger partial charge in [0, 0.05) is 12.8 Å². The summed E-state index contributed by atoms with van der Waals surface area (Å²) in [6.45, 7) is 53.3. The maximum atomic E-state index is 14.1. The summed E-state index contributed by atoms with van der Waals surface area (Å²) in [5.74, 6) is 1.95. The summed E-state index contributed by atoms with van der Waals surface area (Å²) in [5, 5.41) is -0.219. The zero-order valence-electron chi connectivity index (χ0n) is 49.5. The molecule has 17 atom stereocenters. The zero-order valence-corrected chi connectivity index (χ0v) is 52.5. The average Bonchev–Trinajstić information content (AvgIpc) is 3.77. The number of carbonyl (C=O) groups is 1. The molecule has 72 heavy (non-hydrogen) atoms. The van der Waals surface area contributed by atoms with Gasteiger partial charge in [-0.15, -0.1) is 0 Å². The molecule has 8 rings (SSSR count). The third-order valence-corrected chi connectivity index (χ3v) is 33.4. The van der Waals surface area contributed by atoms with E-state index in [4.69, 9.17) is 37.0 Å². The number of carbonyl (C=O) groups excluding carboxylic acids is 1. The van der Waals surface area contributed by atoms with E-state index in [0.717, 1.165) is 82.6 Å². The normalized spacial score (nSPS) is 38.5. The summed E-state index contributed by atoms with van der Waals surface area (Å²) in [7, 11) is -7.33. The number of hydrogen-bond donors (Lipinski definition) is 0. The van der Waals surface area contributed by atoms with E-state index in [1.807, 2.05) is 6.08 Å². The van der Waals surface area contributed by atoms with Gasteiger partial charge in [0.1, 0.15) is 24.4 Å². The van der Waals surface area contributed by atoms with E-state index in [2.05, 4.69) is 142 Å². The molecule has 0 aromatic heterocycles. The predicted octanol–water partition coefficient (Wildman–Crippen LogP) is 15.3. The van der Waals surface area contributed by atoms with Crippen LogP contribution in [0.15, 0.2) is 36.5 Å². The Kier molecular flexibility index (Phi) is 19.9. The molecule has 414 valence electrons. The van der Waals surface area contributed by atoms with Gasteiger partial charge in [0.25, 0.3) is 0 Å². The number of ketones is 1. The topological polar surface area (TPSA) is 90.9 Å². The molecule has 5 fully saturated rings. The van der Waals surface area contributed by atoms with Crippen LogP contribution in [0.25, 0.3) is 0 Å². The minimum Gasteiger partial charge on any atom is -0.408 e. The molecule has 3 unspecified atom stereocenters. The highest BCUT2D eigenvalue weighted by atomic mass is 28.4. The van der Waals surface area contributed by atoms with Crippen LogP contribution in [0.4, 0.5) is 0 Å². The lowest BCUT2D eigenvalue weighted by atomic mass is 9.78. The number of allylic oxidation sites excluding steroid dienone is 1. The van der Waals surface area contributed by atoms with Gasteiger partial charge in [-0.05, 0) is 159 Å². The Labute approximate surface area is 444 Å². The van der Waals surface area contributed by atoms with Crippen LogP contribution in [-0.2, 0) is 41.8 Å². The van der Waals surface area contributed by atoms with Gasteiger partial charge < -0.3 is 37.0 Å². The van der Waals surface area contributed by atoms with Crippen molar-refractivity contribution in [1.82, 2.24) is 0 Å². The predicted molar refractivity (Wildman–Crippen MR) is 303 cm³/mol. The fourth-order valence-corrected chi connectivity index (χ4v) is 15.5. The quantitative estimate of drug-likeness (QED) is 0.165. The van der Waals surface area contributed by atoms with Crippen molar-refractivity contribution < 1.29 is 41.8 Å². The zero-order chi connectivity index (χ0) is 53.5. The van der Waals surface area contributed by atoms with Gasteiger partial charge >= 0.3 is 0 Å². The Hall–Kier alpha value is -0.779. The minimum atomic E-state index is -2.47. The van der Waals surface area contributed by atoms with Gasteiger partial charge in [-0.1, -0.05) is 122 Å². The Morgan fingerprint density at radius 2 is 1.24 bits per heavy atom. The van der Waals surface area contributed by atoms with Crippen molar-refractivity contribution in [2.45, 2.75) is 314 Å². The maximum Gasteiger partial charge on any atom is 0.193 e. The highest BCUT2D eigenvalue weighted by Crippen LogP contribution is 2.49. The summed E-state index contributed by atoms with van der Waals surface area (Å²) >= 11 is 0. The second-order valence-corrected chi connectivity index (χ2v) is 42.9. The molecule has 0 aromatic rings. The summed E-state index contributed by atoms with van der Waals surface area (Å²) in [4.78, 5) is 14.1. The van der Waals surface area contributed by atoms with E-state index in [1.165, 1.54) is 5.57 Å². The molecule has 12 heteroatoms. The standard InChI is InChI=1S/C60H108O9Si3/c1-22-38(2)34-51-42(6)47-25-23-24-44-29-33-49-54(64-44)56(68-71(18,19)59(10,11)12)57(69-72(20,21)60(13,14)15)55(66-49)50(67-70(16,17)58(7,8)9)31-27-43(61)26-28-45-36-40(4)48(62-45)32-30-46-35-39(3)41(5)52(63-46)37-53(47)65-51/h27,31,38-39,42,44-57H,4-5,22-26,28-30,32-37H2,1-3,6-21H3/b31-27+/t38-,39-,42-,44?,45+,46+,47-,48?,49+,50+,51-,52?,53+,54+,55+,56+,57-/m1/s1. The summed E-state index contributed by atoms with van der Waals surface area (Å²) in [5.41, 5.74) is 2.34. The lowest BCUT2D eigenvalue weighted by molar-refractivity contribution is -0.267.